The van der Waals surface area contributed by atoms with E-state index < -0.39 is 9.84 Å². The molecule has 120 valence electrons. The topological polar surface area (TPSA) is 50.3 Å². The van der Waals surface area contributed by atoms with Gasteiger partial charge in [0.2, 0.25) is 0 Å². The normalized spacial score (nSPS) is 12.1. The van der Waals surface area contributed by atoms with E-state index in [1.807, 2.05) is 36.2 Å². The predicted molar refractivity (Wildman–Crippen MR) is 94.4 cm³/mol. The van der Waals surface area contributed by atoms with Crippen LogP contribution in [0.2, 0.25) is 0 Å². The van der Waals surface area contributed by atoms with E-state index in [0.717, 1.165) is 15.2 Å². The highest BCUT2D eigenvalue weighted by Crippen LogP contribution is 2.22. The molecule has 0 aliphatic carbocycles. The van der Waals surface area contributed by atoms with Crippen molar-refractivity contribution in [1.29, 1.82) is 0 Å². The number of hydrogen-bond acceptors (Lipinski definition) is 5. The van der Waals surface area contributed by atoms with Gasteiger partial charge in [-0.3, -0.25) is 4.90 Å². The summed E-state index contributed by atoms with van der Waals surface area (Å²) in [6.07, 6.45) is 0. The first-order valence-corrected chi connectivity index (χ1v) is 9.82. The lowest BCUT2D eigenvalue weighted by Crippen LogP contribution is -2.25. The van der Waals surface area contributed by atoms with Crippen molar-refractivity contribution in [1.82, 2.24) is 9.88 Å². The number of nitrogens with zero attached hydrogens (tertiary/aromatic N) is 2. The van der Waals surface area contributed by atoms with Crippen LogP contribution in [0.1, 0.15) is 5.01 Å². The lowest BCUT2D eigenvalue weighted by Gasteiger charge is -2.14. The van der Waals surface area contributed by atoms with Gasteiger partial charge in [-0.15, -0.1) is 11.3 Å². The van der Waals surface area contributed by atoms with Crippen LogP contribution in [0.5, 0.6) is 0 Å². The van der Waals surface area contributed by atoms with Gasteiger partial charge in [-0.05, 0) is 31.3 Å². The molecule has 6 heteroatoms. The van der Waals surface area contributed by atoms with Crippen molar-refractivity contribution in [3.05, 3.63) is 59.6 Å². The van der Waals surface area contributed by atoms with Crippen molar-refractivity contribution in [2.45, 2.75) is 11.4 Å². The second kappa shape index (κ2) is 6.78. The summed E-state index contributed by atoms with van der Waals surface area (Å²) in [7, 11) is -1.31. The third-order valence-electron chi connectivity index (χ3n) is 3.59. The number of aromatic nitrogens is 1. The molecule has 0 amide bonds. The minimum Gasteiger partial charge on any atom is -0.299 e. The van der Waals surface area contributed by atoms with E-state index in [9.17, 15) is 8.42 Å². The summed E-state index contributed by atoms with van der Waals surface area (Å²) in [5.41, 5.74) is 0.998. The van der Waals surface area contributed by atoms with Crippen molar-refractivity contribution < 1.29 is 8.42 Å². The lowest BCUT2D eigenvalue weighted by atomic mass is 10.3. The maximum absolute atomic E-state index is 12.3. The molecule has 0 saturated heterocycles. The maximum Gasteiger partial charge on any atom is 0.179 e. The van der Waals surface area contributed by atoms with Crippen LogP contribution in [-0.2, 0) is 16.4 Å². The number of fused-ring (bicyclic) bond motifs is 1. The fraction of sp³-hybridized carbons (Fsp3) is 0.235. The first kappa shape index (κ1) is 16.1. The van der Waals surface area contributed by atoms with Crippen LogP contribution in [0.25, 0.3) is 10.2 Å². The Bertz CT molecular complexity index is 856. The van der Waals surface area contributed by atoms with Crippen LogP contribution in [0.4, 0.5) is 0 Å². The average Bonchev–Trinajstić information content (AvgIpc) is 2.96. The zero-order valence-corrected chi connectivity index (χ0v) is 14.5. The van der Waals surface area contributed by atoms with Gasteiger partial charge in [-0.25, -0.2) is 13.4 Å². The molecule has 0 N–H and O–H groups in total. The molecule has 0 saturated carbocycles. The molecular formula is C17H18N2O2S2. The summed E-state index contributed by atoms with van der Waals surface area (Å²) in [6, 6.07) is 16.6. The molecule has 0 bridgehead atoms. The standard InChI is InChI=1S/C17H18N2O2S2/c1-19(11-12-23(20,21)14-7-3-2-4-8-14)13-17-18-15-9-5-6-10-16(15)22-17/h2-10H,11-13H2,1H3. The molecule has 3 rings (SSSR count). The Kier molecular flexibility index (Phi) is 4.75. The third-order valence-corrected chi connectivity index (χ3v) is 6.32. The summed E-state index contributed by atoms with van der Waals surface area (Å²) >= 11 is 1.65. The third kappa shape index (κ3) is 3.96. The smallest absolute Gasteiger partial charge is 0.179 e. The first-order chi connectivity index (χ1) is 11.0. The fourth-order valence-electron chi connectivity index (χ4n) is 2.32. The van der Waals surface area contributed by atoms with Gasteiger partial charge in [0.1, 0.15) is 5.01 Å². The van der Waals surface area contributed by atoms with Gasteiger partial charge < -0.3 is 0 Å². The molecule has 2 aromatic carbocycles. The van der Waals surface area contributed by atoms with Gasteiger partial charge in [-0.1, -0.05) is 30.3 Å². The molecule has 23 heavy (non-hydrogen) atoms. The Labute approximate surface area is 140 Å². The summed E-state index contributed by atoms with van der Waals surface area (Å²) in [5.74, 6) is 0.110. The zero-order valence-electron chi connectivity index (χ0n) is 12.8. The Balaban J connectivity index is 1.62. The number of thiazole rings is 1. The quantitative estimate of drug-likeness (QED) is 0.688. The second-order valence-corrected chi connectivity index (χ2v) is 8.67. The second-order valence-electron chi connectivity index (χ2n) is 5.45. The van der Waals surface area contributed by atoms with Crippen LogP contribution in [0.15, 0.2) is 59.5 Å². The number of sulfone groups is 1. The molecule has 1 heterocycles. The summed E-state index contributed by atoms with van der Waals surface area (Å²) in [6.45, 7) is 1.14. The number of hydrogen-bond donors (Lipinski definition) is 0. The van der Waals surface area contributed by atoms with E-state index in [2.05, 4.69) is 11.1 Å². The number of rotatable bonds is 6. The highest BCUT2D eigenvalue weighted by Gasteiger charge is 2.15. The summed E-state index contributed by atoms with van der Waals surface area (Å²) in [4.78, 5) is 6.96. The van der Waals surface area contributed by atoms with Gasteiger partial charge in [0.15, 0.2) is 9.84 Å². The van der Waals surface area contributed by atoms with E-state index in [0.29, 0.717) is 18.0 Å². The molecule has 0 radical (unpaired) electrons. The van der Waals surface area contributed by atoms with Crippen molar-refractivity contribution in [3.63, 3.8) is 0 Å². The fourth-order valence-corrected chi connectivity index (χ4v) is 4.73. The van der Waals surface area contributed by atoms with Crippen LogP contribution < -0.4 is 0 Å². The van der Waals surface area contributed by atoms with Crippen molar-refractivity contribution >= 4 is 31.4 Å². The van der Waals surface area contributed by atoms with Gasteiger partial charge in [-0.2, -0.15) is 0 Å². The van der Waals surface area contributed by atoms with Crippen LogP contribution in [0, 0.1) is 0 Å². The Morgan fingerprint density at radius 2 is 1.74 bits per heavy atom. The largest absolute Gasteiger partial charge is 0.299 e. The average molecular weight is 346 g/mol. The molecule has 3 aromatic rings. The van der Waals surface area contributed by atoms with Gasteiger partial charge >= 0.3 is 0 Å². The Morgan fingerprint density at radius 1 is 1.04 bits per heavy atom. The van der Waals surface area contributed by atoms with Crippen LogP contribution >= 0.6 is 11.3 Å². The Morgan fingerprint density at radius 3 is 2.48 bits per heavy atom. The lowest BCUT2D eigenvalue weighted by molar-refractivity contribution is 0.345. The molecule has 1 aromatic heterocycles. The van der Waals surface area contributed by atoms with E-state index in [1.54, 1.807) is 35.6 Å². The van der Waals surface area contributed by atoms with Crippen LogP contribution in [0.3, 0.4) is 0 Å². The summed E-state index contributed by atoms with van der Waals surface area (Å²) < 4.78 is 25.7. The summed E-state index contributed by atoms with van der Waals surface area (Å²) in [5, 5.41) is 1.01. The molecule has 0 aliphatic rings. The van der Waals surface area contributed by atoms with Gasteiger partial charge in [0, 0.05) is 6.54 Å². The zero-order chi connectivity index (χ0) is 16.3. The molecule has 0 aliphatic heterocycles. The molecule has 0 unspecified atom stereocenters. The number of para-hydroxylation sites is 1. The first-order valence-electron chi connectivity index (χ1n) is 7.35. The van der Waals surface area contributed by atoms with E-state index in [-0.39, 0.29) is 5.75 Å². The van der Waals surface area contributed by atoms with Crippen molar-refractivity contribution in [2.75, 3.05) is 19.3 Å². The SMILES string of the molecule is CN(CCS(=O)(=O)c1ccccc1)Cc1nc2ccccc2s1. The van der Waals surface area contributed by atoms with Gasteiger partial charge in [0.25, 0.3) is 0 Å². The predicted octanol–water partition coefficient (Wildman–Crippen LogP) is 3.20. The minimum atomic E-state index is -3.23. The number of benzene rings is 2. The monoisotopic (exact) mass is 346 g/mol. The molecular weight excluding hydrogens is 328 g/mol. The van der Waals surface area contributed by atoms with Crippen molar-refractivity contribution in [3.8, 4) is 0 Å². The highest BCUT2D eigenvalue weighted by molar-refractivity contribution is 7.91. The van der Waals surface area contributed by atoms with E-state index in [4.69, 9.17) is 0 Å². The van der Waals surface area contributed by atoms with Crippen LogP contribution in [-0.4, -0.2) is 37.6 Å². The highest BCUT2D eigenvalue weighted by atomic mass is 32.2. The van der Waals surface area contributed by atoms with E-state index >= 15 is 0 Å². The van der Waals surface area contributed by atoms with Crippen molar-refractivity contribution in [2.24, 2.45) is 0 Å². The van der Waals surface area contributed by atoms with Gasteiger partial charge in [0.05, 0.1) is 27.4 Å². The molecule has 0 spiro atoms. The maximum atomic E-state index is 12.3. The Hall–Kier alpha value is -1.76. The molecule has 0 fully saturated rings. The minimum absolute atomic E-state index is 0.110. The molecule has 4 nitrogen and oxygen atoms in total. The molecule has 0 atom stereocenters. The van der Waals surface area contributed by atoms with E-state index in [1.165, 1.54) is 0 Å².